The normalized spacial score (nSPS) is 16.9. The third kappa shape index (κ3) is 2.09. The standard InChI is InChI=1S/C13H15N3O.ClH/c1-14-12-8-17-13-5-9(3-4-11(12)13)10-6-15-16(2)7-10;/h3-7,12,14H,8H2,1-2H3;1H. The van der Waals surface area contributed by atoms with Gasteiger partial charge in [-0.2, -0.15) is 5.10 Å². The number of likely N-dealkylation sites (N-methyl/N-ethyl adjacent to an activating group) is 1. The second-order valence-corrected chi connectivity index (χ2v) is 4.31. The number of hydrogen-bond acceptors (Lipinski definition) is 3. The average molecular weight is 266 g/mol. The fraction of sp³-hybridized carbons (Fsp3) is 0.308. The molecule has 0 bridgehead atoms. The molecule has 1 unspecified atom stereocenters. The zero-order valence-electron chi connectivity index (χ0n) is 10.4. The number of nitrogens with one attached hydrogen (secondary N) is 1. The Balaban J connectivity index is 0.00000120. The largest absolute Gasteiger partial charge is 0.491 e. The summed E-state index contributed by atoms with van der Waals surface area (Å²) >= 11 is 0. The Kier molecular flexibility index (Phi) is 3.59. The van der Waals surface area contributed by atoms with Gasteiger partial charge in [-0.1, -0.05) is 12.1 Å². The molecule has 2 aromatic rings. The molecule has 0 fully saturated rings. The number of hydrogen-bond donors (Lipinski definition) is 1. The highest BCUT2D eigenvalue weighted by Crippen LogP contribution is 2.35. The number of nitrogens with zero attached hydrogens (tertiary/aromatic N) is 2. The van der Waals surface area contributed by atoms with Crippen LogP contribution in [0, 0.1) is 0 Å². The van der Waals surface area contributed by atoms with Gasteiger partial charge >= 0.3 is 0 Å². The van der Waals surface area contributed by atoms with Crippen molar-refractivity contribution in [1.29, 1.82) is 0 Å². The summed E-state index contributed by atoms with van der Waals surface area (Å²) in [5.41, 5.74) is 3.50. The molecule has 1 aliphatic heterocycles. The molecule has 1 aromatic carbocycles. The van der Waals surface area contributed by atoms with Gasteiger partial charge in [0.15, 0.2) is 0 Å². The fourth-order valence-electron chi connectivity index (χ4n) is 2.20. The molecule has 5 heteroatoms. The molecule has 0 radical (unpaired) electrons. The molecule has 0 spiro atoms. The quantitative estimate of drug-likeness (QED) is 0.905. The van der Waals surface area contributed by atoms with Crippen molar-refractivity contribution in [1.82, 2.24) is 15.1 Å². The lowest BCUT2D eigenvalue weighted by Gasteiger charge is -2.06. The molecule has 4 nitrogen and oxygen atoms in total. The molecule has 1 aliphatic rings. The maximum absolute atomic E-state index is 5.68. The highest BCUT2D eigenvalue weighted by molar-refractivity contribution is 5.85. The van der Waals surface area contributed by atoms with Crippen molar-refractivity contribution in [2.24, 2.45) is 7.05 Å². The predicted octanol–water partition coefficient (Wildman–Crippen LogP) is 2.16. The Hall–Kier alpha value is -1.52. The Labute approximate surface area is 112 Å². The van der Waals surface area contributed by atoms with E-state index in [9.17, 15) is 0 Å². The van der Waals surface area contributed by atoms with Crippen LogP contribution in [0.15, 0.2) is 30.6 Å². The molecule has 2 heterocycles. The molecule has 0 saturated carbocycles. The van der Waals surface area contributed by atoms with Crippen LogP contribution in [0.25, 0.3) is 11.1 Å². The minimum absolute atomic E-state index is 0. The van der Waals surface area contributed by atoms with Gasteiger partial charge in [0.1, 0.15) is 12.4 Å². The lowest BCUT2D eigenvalue weighted by Crippen LogP contribution is -2.16. The van der Waals surface area contributed by atoms with Crippen LogP contribution in [0.1, 0.15) is 11.6 Å². The first kappa shape index (κ1) is 12.9. The summed E-state index contributed by atoms with van der Waals surface area (Å²) in [5, 5.41) is 7.42. The molecule has 1 atom stereocenters. The van der Waals surface area contributed by atoms with Crippen LogP contribution in [-0.2, 0) is 7.05 Å². The lowest BCUT2D eigenvalue weighted by molar-refractivity contribution is 0.318. The number of ether oxygens (including phenoxy) is 1. The van der Waals surface area contributed by atoms with Gasteiger partial charge in [0, 0.05) is 24.4 Å². The Morgan fingerprint density at radius 1 is 1.39 bits per heavy atom. The van der Waals surface area contributed by atoms with Crippen LogP contribution in [0.3, 0.4) is 0 Å². The van der Waals surface area contributed by atoms with Gasteiger partial charge in [-0.25, -0.2) is 0 Å². The van der Waals surface area contributed by atoms with Crippen molar-refractivity contribution in [2.45, 2.75) is 6.04 Å². The van der Waals surface area contributed by atoms with E-state index in [-0.39, 0.29) is 12.4 Å². The third-order valence-corrected chi connectivity index (χ3v) is 3.18. The topological polar surface area (TPSA) is 39.1 Å². The second kappa shape index (κ2) is 5.00. The van der Waals surface area contributed by atoms with Gasteiger partial charge in [-0.05, 0) is 18.7 Å². The van der Waals surface area contributed by atoms with Crippen molar-refractivity contribution in [2.75, 3.05) is 13.7 Å². The Bertz CT molecular complexity index is 553. The van der Waals surface area contributed by atoms with Gasteiger partial charge in [0.05, 0.1) is 12.2 Å². The molecule has 3 rings (SSSR count). The fourth-order valence-corrected chi connectivity index (χ4v) is 2.20. The van der Waals surface area contributed by atoms with Crippen LogP contribution in [0.4, 0.5) is 0 Å². The van der Waals surface area contributed by atoms with E-state index in [1.807, 2.05) is 26.5 Å². The first-order valence-corrected chi connectivity index (χ1v) is 5.71. The van der Waals surface area contributed by atoms with Crippen LogP contribution in [-0.4, -0.2) is 23.4 Å². The summed E-state index contributed by atoms with van der Waals surface area (Å²) in [4.78, 5) is 0. The number of fused-ring (bicyclic) bond motifs is 1. The second-order valence-electron chi connectivity index (χ2n) is 4.31. The van der Waals surface area contributed by atoms with Crippen molar-refractivity contribution in [3.8, 4) is 16.9 Å². The molecule has 96 valence electrons. The summed E-state index contributed by atoms with van der Waals surface area (Å²) in [5.74, 6) is 0.978. The maximum Gasteiger partial charge on any atom is 0.124 e. The molecular weight excluding hydrogens is 250 g/mol. The molecule has 0 aliphatic carbocycles. The molecule has 1 aromatic heterocycles. The number of rotatable bonds is 2. The maximum atomic E-state index is 5.68. The SMILES string of the molecule is CNC1COc2cc(-c3cnn(C)c3)ccc21.Cl. The molecule has 0 amide bonds. The summed E-state index contributed by atoms with van der Waals surface area (Å²) in [6.45, 7) is 0.711. The van der Waals surface area contributed by atoms with E-state index < -0.39 is 0 Å². The van der Waals surface area contributed by atoms with Crippen LogP contribution < -0.4 is 10.1 Å². The van der Waals surface area contributed by atoms with Crippen LogP contribution >= 0.6 is 12.4 Å². The zero-order chi connectivity index (χ0) is 11.8. The van der Waals surface area contributed by atoms with Crippen molar-refractivity contribution in [3.63, 3.8) is 0 Å². The number of benzene rings is 1. The molecular formula is C13H16ClN3O. The van der Waals surface area contributed by atoms with E-state index >= 15 is 0 Å². The molecule has 18 heavy (non-hydrogen) atoms. The molecule has 1 N–H and O–H groups in total. The zero-order valence-corrected chi connectivity index (χ0v) is 11.2. The minimum atomic E-state index is 0. The monoisotopic (exact) mass is 265 g/mol. The number of halogens is 1. The number of aryl methyl sites for hydroxylation is 1. The summed E-state index contributed by atoms with van der Waals surface area (Å²) in [7, 11) is 3.88. The van der Waals surface area contributed by atoms with Crippen LogP contribution in [0.5, 0.6) is 5.75 Å². The smallest absolute Gasteiger partial charge is 0.124 e. The van der Waals surface area contributed by atoms with Gasteiger partial charge in [-0.3, -0.25) is 4.68 Å². The van der Waals surface area contributed by atoms with E-state index in [2.05, 4.69) is 28.6 Å². The summed E-state index contributed by atoms with van der Waals surface area (Å²) in [6.07, 6.45) is 3.87. The Morgan fingerprint density at radius 2 is 2.22 bits per heavy atom. The number of aromatic nitrogens is 2. The highest BCUT2D eigenvalue weighted by Gasteiger charge is 2.22. The third-order valence-electron chi connectivity index (χ3n) is 3.18. The first-order chi connectivity index (χ1) is 8.28. The van der Waals surface area contributed by atoms with Gasteiger partial charge in [0.25, 0.3) is 0 Å². The highest BCUT2D eigenvalue weighted by atomic mass is 35.5. The minimum Gasteiger partial charge on any atom is -0.491 e. The van der Waals surface area contributed by atoms with E-state index in [1.54, 1.807) is 4.68 Å². The van der Waals surface area contributed by atoms with E-state index in [1.165, 1.54) is 5.56 Å². The van der Waals surface area contributed by atoms with Gasteiger partial charge in [0.2, 0.25) is 0 Å². The molecule has 0 saturated heterocycles. The van der Waals surface area contributed by atoms with Crippen molar-refractivity contribution in [3.05, 3.63) is 36.2 Å². The lowest BCUT2D eigenvalue weighted by atomic mass is 10.0. The summed E-state index contributed by atoms with van der Waals surface area (Å²) in [6, 6.07) is 6.65. The van der Waals surface area contributed by atoms with E-state index in [4.69, 9.17) is 4.74 Å². The Morgan fingerprint density at radius 3 is 2.89 bits per heavy atom. The van der Waals surface area contributed by atoms with Crippen molar-refractivity contribution < 1.29 is 4.74 Å². The van der Waals surface area contributed by atoms with Gasteiger partial charge in [-0.15, -0.1) is 12.4 Å². The van der Waals surface area contributed by atoms with E-state index in [0.29, 0.717) is 12.6 Å². The first-order valence-electron chi connectivity index (χ1n) is 5.71. The van der Waals surface area contributed by atoms with E-state index in [0.717, 1.165) is 16.9 Å². The van der Waals surface area contributed by atoms with Gasteiger partial charge < -0.3 is 10.1 Å². The van der Waals surface area contributed by atoms with Crippen molar-refractivity contribution >= 4 is 12.4 Å². The predicted molar refractivity (Wildman–Crippen MR) is 73.2 cm³/mol. The van der Waals surface area contributed by atoms with Crippen LogP contribution in [0.2, 0.25) is 0 Å². The average Bonchev–Trinajstić information content (AvgIpc) is 2.94. The summed E-state index contributed by atoms with van der Waals surface area (Å²) < 4.78 is 7.49.